The van der Waals surface area contributed by atoms with Gasteiger partial charge in [0.25, 0.3) is 21.9 Å². The Kier molecular flexibility index (Phi) is 2.56. The van der Waals surface area contributed by atoms with Crippen LogP contribution in [0.2, 0.25) is 0 Å². The normalized spacial score (nSPS) is 15.7. The minimum atomic E-state index is -4.49. The van der Waals surface area contributed by atoms with E-state index >= 15 is 0 Å². The van der Waals surface area contributed by atoms with Crippen molar-refractivity contribution in [3.05, 3.63) is 36.4 Å². The van der Waals surface area contributed by atoms with E-state index in [2.05, 4.69) is 0 Å². The molecular formula is C10H7NO5S. The van der Waals surface area contributed by atoms with Gasteiger partial charge in [0, 0.05) is 12.2 Å². The zero-order valence-corrected chi connectivity index (χ0v) is 9.22. The molecule has 0 bridgehead atoms. The number of nitrogens with zero attached hydrogens (tertiary/aromatic N) is 1. The Labute approximate surface area is 96.9 Å². The lowest BCUT2D eigenvalue weighted by Gasteiger charge is -2.16. The van der Waals surface area contributed by atoms with Crippen LogP contribution in [0.1, 0.15) is 0 Å². The maximum Gasteiger partial charge on any atom is 0.296 e. The van der Waals surface area contributed by atoms with Gasteiger partial charge >= 0.3 is 0 Å². The van der Waals surface area contributed by atoms with Crippen molar-refractivity contribution < 1.29 is 22.6 Å². The lowest BCUT2D eigenvalue weighted by Crippen LogP contribution is -2.30. The molecule has 1 aromatic carbocycles. The number of anilines is 1. The molecule has 0 spiro atoms. The average molecular weight is 253 g/mol. The van der Waals surface area contributed by atoms with Gasteiger partial charge in [-0.25, -0.2) is 4.90 Å². The van der Waals surface area contributed by atoms with Gasteiger partial charge in [-0.15, -0.1) is 0 Å². The molecule has 0 radical (unpaired) electrons. The third kappa shape index (κ3) is 1.97. The van der Waals surface area contributed by atoms with Crippen LogP contribution in [-0.4, -0.2) is 24.8 Å². The first-order chi connectivity index (χ1) is 7.91. The number of rotatable bonds is 2. The quantitative estimate of drug-likeness (QED) is 0.607. The summed E-state index contributed by atoms with van der Waals surface area (Å²) >= 11 is 0. The van der Waals surface area contributed by atoms with E-state index < -0.39 is 26.8 Å². The molecule has 0 unspecified atom stereocenters. The van der Waals surface area contributed by atoms with Gasteiger partial charge in [0.05, 0.1) is 5.69 Å². The Morgan fingerprint density at radius 3 is 2.06 bits per heavy atom. The first-order valence-electron chi connectivity index (χ1n) is 4.54. The van der Waals surface area contributed by atoms with Gasteiger partial charge in [-0.05, 0) is 12.1 Å². The van der Waals surface area contributed by atoms with Gasteiger partial charge in [-0.3, -0.25) is 14.1 Å². The summed E-state index contributed by atoms with van der Waals surface area (Å²) in [7, 11) is -4.49. The summed E-state index contributed by atoms with van der Waals surface area (Å²) in [6, 6.07) is 5.23. The van der Waals surface area contributed by atoms with E-state index in [1.54, 1.807) is 0 Å². The molecule has 1 aliphatic rings. The third-order valence-electron chi connectivity index (χ3n) is 2.19. The summed E-state index contributed by atoms with van der Waals surface area (Å²) in [6.07, 6.45) is 2.06. The smallest absolute Gasteiger partial charge is 0.282 e. The highest BCUT2D eigenvalue weighted by Crippen LogP contribution is 2.27. The first-order valence-corrected chi connectivity index (χ1v) is 5.98. The fourth-order valence-corrected chi connectivity index (χ4v) is 2.17. The molecule has 1 aliphatic heterocycles. The van der Waals surface area contributed by atoms with Gasteiger partial charge in [0.1, 0.15) is 4.90 Å². The van der Waals surface area contributed by atoms with Gasteiger partial charge in [-0.1, -0.05) is 12.1 Å². The van der Waals surface area contributed by atoms with Gasteiger partial charge in [0.2, 0.25) is 0 Å². The molecular weight excluding hydrogens is 246 g/mol. The third-order valence-corrected chi connectivity index (χ3v) is 3.09. The molecule has 2 rings (SSSR count). The van der Waals surface area contributed by atoms with Crippen LogP contribution in [0.5, 0.6) is 0 Å². The number of benzene rings is 1. The van der Waals surface area contributed by atoms with E-state index in [0.29, 0.717) is 4.90 Å². The average Bonchev–Trinajstić information content (AvgIpc) is 2.57. The number of hydrogen-bond donors (Lipinski definition) is 1. The first kappa shape index (κ1) is 11.5. The lowest BCUT2D eigenvalue weighted by atomic mass is 10.3. The van der Waals surface area contributed by atoms with Crippen molar-refractivity contribution in [2.75, 3.05) is 4.90 Å². The maximum atomic E-state index is 11.4. The van der Waals surface area contributed by atoms with Crippen molar-refractivity contribution in [1.82, 2.24) is 0 Å². The van der Waals surface area contributed by atoms with E-state index in [0.717, 1.165) is 18.2 Å². The van der Waals surface area contributed by atoms with Crippen molar-refractivity contribution in [1.29, 1.82) is 0 Å². The number of hydrogen-bond acceptors (Lipinski definition) is 4. The van der Waals surface area contributed by atoms with Crippen molar-refractivity contribution in [2.24, 2.45) is 0 Å². The molecule has 0 saturated heterocycles. The van der Waals surface area contributed by atoms with E-state index in [4.69, 9.17) is 4.55 Å². The highest BCUT2D eigenvalue weighted by molar-refractivity contribution is 7.86. The second-order valence-electron chi connectivity index (χ2n) is 3.29. The van der Waals surface area contributed by atoms with Crippen molar-refractivity contribution in [3.63, 3.8) is 0 Å². The number of carbonyl (C=O) groups is 2. The van der Waals surface area contributed by atoms with E-state index in [1.807, 2.05) is 0 Å². The topological polar surface area (TPSA) is 91.8 Å². The van der Waals surface area contributed by atoms with Crippen molar-refractivity contribution >= 4 is 27.6 Å². The second-order valence-corrected chi connectivity index (χ2v) is 4.68. The van der Waals surface area contributed by atoms with Crippen LogP contribution in [0, 0.1) is 0 Å². The molecule has 7 heteroatoms. The van der Waals surface area contributed by atoms with Crippen LogP contribution in [0.4, 0.5) is 5.69 Å². The predicted molar refractivity (Wildman–Crippen MR) is 57.9 cm³/mol. The maximum absolute atomic E-state index is 11.4. The van der Waals surface area contributed by atoms with Crippen LogP contribution in [-0.2, 0) is 19.7 Å². The zero-order valence-electron chi connectivity index (χ0n) is 8.40. The molecule has 88 valence electrons. The van der Waals surface area contributed by atoms with Crippen LogP contribution in [0.25, 0.3) is 0 Å². The number of imide groups is 1. The molecule has 0 fully saturated rings. The Morgan fingerprint density at radius 1 is 1.00 bits per heavy atom. The molecule has 17 heavy (non-hydrogen) atoms. The molecule has 2 amide bonds. The van der Waals surface area contributed by atoms with Gasteiger partial charge < -0.3 is 0 Å². The van der Waals surface area contributed by atoms with Crippen LogP contribution >= 0.6 is 0 Å². The zero-order chi connectivity index (χ0) is 12.6. The van der Waals surface area contributed by atoms with Crippen LogP contribution in [0.15, 0.2) is 41.3 Å². The summed E-state index contributed by atoms with van der Waals surface area (Å²) in [5, 5.41) is 0. The Balaban J connectivity index is 2.62. The van der Waals surface area contributed by atoms with Crippen LogP contribution < -0.4 is 4.90 Å². The van der Waals surface area contributed by atoms with Gasteiger partial charge in [0.15, 0.2) is 0 Å². The minimum absolute atomic E-state index is 0.157. The fraction of sp³-hybridized carbons (Fsp3) is 0. The molecule has 1 aromatic rings. The summed E-state index contributed by atoms with van der Waals surface area (Å²) < 4.78 is 31.2. The molecule has 0 atom stereocenters. The summed E-state index contributed by atoms with van der Waals surface area (Å²) in [6.45, 7) is 0. The van der Waals surface area contributed by atoms with Crippen molar-refractivity contribution in [3.8, 4) is 0 Å². The van der Waals surface area contributed by atoms with Crippen molar-refractivity contribution in [2.45, 2.75) is 4.90 Å². The highest BCUT2D eigenvalue weighted by atomic mass is 32.2. The standard InChI is InChI=1S/C10H7NO5S/c12-9-5-6-10(13)11(9)7-3-1-2-4-8(7)17(14,15)16/h1-6H,(H,14,15,16). The molecule has 1 heterocycles. The lowest BCUT2D eigenvalue weighted by molar-refractivity contribution is -0.120. The predicted octanol–water partition coefficient (Wildman–Crippen LogP) is 0.363. The number of amides is 2. The highest BCUT2D eigenvalue weighted by Gasteiger charge is 2.29. The second kappa shape index (κ2) is 3.79. The largest absolute Gasteiger partial charge is 0.296 e. The molecule has 6 nitrogen and oxygen atoms in total. The van der Waals surface area contributed by atoms with E-state index in [1.165, 1.54) is 18.2 Å². The fourth-order valence-electron chi connectivity index (χ4n) is 1.50. The number of carbonyl (C=O) groups excluding carboxylic acids is 2. The monoisotopic (exact) mass is 253 g/mol. The van der Waals surface area contributed by atoms with Crippen LogP contribution in [0.3, 0.4) is 0 Å². The minimum Gasteiger partial charge on any atom is -0.282 e. The summed E-state index contributed by atoms with van der Waals surface area (Å²) in [4.78, 5) is 23.0. The summed E-state index contributed by atoms with van der Waals surface area (Å²) in [5.41, 5.74) is -0.157. The summed E-state index contributed by atoms with van der Waals surface area (Å²) in [5.74, 6) is -1.29. The molecule has 0 aromatic heterocycles. The molecule has 0 aliphatic carbocycles. The van der Waals surface area contributed by atoms with E-state index in [-0.39, 0.29) is 5.69 Å². The van der Waals surface area contributed by atoms with E-state index in [9.17, 15) is 18.0 Å². The number of para-hydroxylation sites is 1. The molecule has 1 N–H and O–H groups in total. The molecule has 0 saturated carbocycles. The Hall–Kier alpha value is -1.99. The Bertz CT molecular complexity index is 614. The SMILES string of the molecule is O=C1C=CC(=O)N1c1ccccc1S(=O)(=O)O. The Morgan fingerprint density at radius 2 is 1.53 bits per heavy atom. The van der Waals surface area contributed by atoms with Gasteiger partial charge in [-0.2, -0.15) is 8.42 Å².